The summed E-state index contributed by atoms with van der Waals surface area (Å²) in [5, 5.41) is 0. The number of amides is 2. The molecular weight excluding hydrogens is 362 g/mol. The van der Waals surface area contributed by atoms with E-state index in [2.05, 4.69) is 23.2 Å². The monoisotopic (exact) mass is 391 g/mol. The number of hydrogen-bond acceptors (Lipinski definition) is 3. The molecule has 0 N–H and O–H groups in total. The highest BCUT2D eigenvalue weighted by molar-refractivity contribution is 5.86. The third kappa shape index (κ3) is 4.04. The van der Waals surface area contributed by atoms with Gasteiger partial charge in [-0.25, -0.2) is 0 Å². The van der Waals surface area contributed by atoms with Crippen LogP contribution in [0.25, 0.3) is 11.1 Å². The molecule has 0 bridgehead atoms. The number of likely N-dealkylation sites (tertiary alicyclic amines) is 1. The lowest BCUT2D eigenvalue weighted by Gasteiger charge is -2.43. The number of carbonyl (C=O) groups excluding carboxylic acids is 2. The first-order valence-corrected chi connectivity index (χ1v) is 10.5. The van der Waals surface area contributed by atoms with Gasteiger partial charge < -0.3 is 9.80 Å². The Kier molecular flexibility index (Phi) is 5.39. The summed E-state index contributed by atoms with van der Waals surface area (Å²) in [5.41, 5.74) is 2.72. The number of carbonyl (C=O) groups is 2. The first kappa shape index (κ1) is 19.6. The fourth-order valence-electron chi connectivity index (χ4n) is 4.62. The molecule has 1 saturated heterocycles. The molecule has 2 aromatic rings. The Morgan fingerprint density at radius 1 is 1.17 bits per heavy atom. The molecule has 2 aliphatic rings. The van der Waals surface area contributed by atoms with E-state index in [-0.39, 0.29) is 17.7 Å². The predicted molar refractivity (Wildman–Crippen MR) is 113 cm³/mol. The van der Waals surface area contributed by atoms with Crippen LogP contribution in [0.15, 0.2) is 48.8 Å². The van der Waals surface area contributed by atoms with Crippen LogP contribution in [0.4, 0.5) is 0 Å². The van der Waals surface area contributed by atoms with Crippen molar-refractivity contribution in [3.63, 3.8) is 0 Å². The zero-order chi connectivity index (χ0) is 20.4. The third-order valence-electron chi connectivity index (χ3n) is 6.19. The van der Waals surface area contributed by atoms with Crippen LogP contribution < -0.4 is 0 Å². The fraction of sp³-hybridized carbons (Fsp3) is 0.458. The molecule has 0 spiro atoms. The van der Waals surface area contributed by atoms with Crippen molar-refractivity contribution in [2.24, 2.45) is 11.3 Å². The van der Waals surface area contributed by atoms with Gasteiger partial charge in [0.15, 0.2) is 0 Å². The molecule has 5 nitrogen and oxygen atoms in total. The van der Waals surface area contributed by atoms with Crippen molar-refractivity contribution in [2.45, 2.75) is 32.1 Å². The molecule has 1 aliphatic heterocycles. The topological polar surface area (TPSA) is 53.5 Å². The number of aromatic nitrogens is 1. The maximum Gasteiger partial charge on any atom is 0.230 e. The highest BCUT2D eigenvalue weighted by atomic mass is 16.2. The lowest BCUT2D eigenvalue weighted by Crippen LogP contribution is -2.54. The smallest absolute Gasteiger partial charge is 0.230 e. The minimum absolute atomic E-state index is 0.117. The van der Waals surface area contributed by atoms with Gasteiger partial charge in [-0.3, -0.25) is 14.6 Å². The zero-order valence-corrected chi connectivity index (χ0v) is 17.3. The second-order valence-corrected chi connectivity index (χ2v) is 8.69. The van der Waals surface area contributed by atoms with Crippen LogP contribution in [0.2, 0.25) is 0 Å². The number of hydrogen-bond donors (Lipinski definition) is 0. The molecule has 2 heterocycles. The van der Waals surface area contributed by atoms with Gasteiger partial charge in [0.2, 0.25) is 11.8 Å². The molecule has 1 saturated carbocycles. The summed E-state index contributed by atoms with van der Waals surface area (Å²) >= 11 is 0. The summed E-state index contributed by atoms with van der Waals surface area (Å²) in [4.78, 5) is 34.1. The number of pyridine rings is 1. The van der Waals surface area contributed by atoms with E-state index in [1.807, 2.05) is 43.4 Å². The van der Waals surface area contributed by atoms with Gasteiger partial charge >= 0.3 is 0 Å². The van der Waals surface area contributed by atoms with Crippen LogP contribution in [0, 0.1) is 11.3 Å². The summed E-state index contributed by atoms with van der Waals surface area (Å²) in [7, 11) is 3.64. The van der Waals surface area contributed by atoms with Gasteiger partial charge in [0, 0.05) is 51.1 Å². The van der Waals surface area contributed by atoms with Gasteiger partial charge in [0.1, 0.15) is 0 Å². The molecule has 1 aromatic heterocycles. The van der Waals surface area contributed by atoms with E-state index in [1.165, 1.54) is 0 Å². The molecule has 2 fully saturated rings. The number of nitrogens with zero attached hydrogens (tertiary/aromatic N) is 3. The van der Waals surface area contributed by atoms with Crippen molar-refractivity contribution in [3.8, 4) is 11.1 Å². The Balaban J connectivity index is 1.69. The van der Waals surface area contributed by atoms with E-state index in [4.69, 9.17) is 0 Å². The largest absolute Gasteiger partial charge is 0.348 e. The van der Waals surface area contributed by atoms with Crippen molar-refractivity contribution in [1.29, 1.82) is 0 Å². The molecule has 1 aromatic carbocycles. The summed E-state index contributed by atoms with van der Waals surface area (Å²) in [6, 6.07) is 12.2. The lowest BCUT2D eigenvalue weighted by atomic mass is 9.73. The minimum Gasteiger partial charge on any atom is -0.348 e. The molecule has 152 valence electrons. The highest BCUT2D eigenvalue weighted by Gasteiger charge is 2.46. The molecule has 5 heteroatoms. The average Bonchev–Trinajstić information content (AvgIpc) is 3.59. The van der Waals surface area contributed by atoms with Gasteiger partial charge in [-0.2, -0.15) is 0 Å². The Labute approximate surface area is 172 Å². The summed E-state index contributed by atoms with van der Waals surface area (Å²) in [6.07, 6.45) is 7.92. The van der Waals surface area contributed by atoms with Crippen LogP contribution in [0.5, 0.6) is 0 Å². The summed E-state index contributed by atoms with van der Waals surface area (Å²) in [6.45, 7) is 1.28. The van der Waals surface area contributed by atoms with Gasteiger partial charge in [-0.15, -0.1) is 0 Å². The van der Waals surface area contributed by atoms with Crippen LogP contribution in [0.3, 0.4) is 0 Å². The molecular formula is C24H29N3O2. The Morgan fingerprint density at radius 3 is 2.66 bits per heavy atom. The molecule has 29 heavy (non-hydrogen) atoms. The summed E-state index contributed by atoms with van der Waals surface area (Å²) < 4.78 is 0. The van der Waals surface area contributed by atoms with Gasteiger partial charge in [0.05, 0.1) is 5.41 Å². The first-order valence-electron chi connectivity index (χ1n) is 10.5. The Hall–Kier alpha value is -2.69. The standard InChI is InChI=1S/C24H29N3O2/c1-26(2)23(29)24(12-6-14-27(17-24)22(28)18-10-11-18)15-19-7-3-4-9-21(19)20-8-5-13-25-16-20/h3-5,7-9,13,16,18H,6,10-12,14-15,17H2,1-2H3/t24-/m0/s1. The number of piperidine rings is 1. The second kappa shape index (κ2) is 7.97. The molecule has 4 rings (SSSR count). The van der Waals surface area contributed by atoms with E-state index in [1.54, 1.807) is 11.1 Å². The fourth-order valence-corrected chi connectivity index (χ4v) is 4.62. The van der Waals surface area contributed by atoms with Crippen LogP contribution >= 0.6 is 0 Å². The van der Waals surface area contributed by atoms with Crippen molar-refractivity contribution < 1.29 is 9.59 Å². The molecule has 1 aliphatic carbocycles. The van der Waals surface area contributed by atoms with Gasteiger partial charge in [-0.05, 0) is 49.3 Å². The van der Waals surface area contributed by atoms with E-state index in [0.717, 1.165) is 48.9 Å². The number of rotatable bonds is 5. The predicted octanol–water partition coefficient (Wildman–Crippen LogP) is 3.40. The van der Waals surface area contributed by atoms with Crippen molar-refractivity contribution in [1.82, 2.24) is 14.8 Å². The van der Waals surface area contributed by atoms with E-state index >= 15 is 0 Å². The van der Waals surface area contributed by atoms with Crippen molar-refractivity contribution >= 4 is 11.8 Å². The maximum absolute atomic E-state index is 13.4. The molecule has 2 amide bonds. The first-order chi connectivity index (χ1) is 14.0. The van der Waals surface area contributed by atoms with Crippen LogP contribution in [-0.4, -0.2) is 53.8 Å². The SMILES string of the molecule is CN(C)C(=O)[C@]1(Cc2ccccc2-c2cccnc2)CCCN(C(=O)C2CC2)C1. The van der Waals surface area contributed by atoms with Gasteiger partial charge in [-0.1, -0.05) is 30.3 Å². The van der Waals surface area contributed by atoms with Crippen LogP contribution in [-0.2, 0) is 16.0 Å². The minimum atomic E-state index is -0.579. The van der Waals surface area contributed by atoms with Gasteiger partial charge in [0.25, 0.3) is 0 Å². The maximum atomic E-state index is 13.4. The average molecular weight is 392 g/mol. The summed E-state index contributed by atoms with van der Waals surface area (Å²) in [5.74, 6) is 0.538. The second-order valence-electron chi connectivity index (χ2n) is 8.69. The molecule has 0 radical (unpaired) electrons. The van der Waals surface area contributed by atoms with Crippen molar-refractivity contribution in [3.05, 3.63) is 54.4 Å². The zero-order valence-electron chi connectivity index (χ0n) is 17.3. The normalized spacial score (nSPS) is 21.7. The quantitative estimate of drug-likeness (QED) is 0.785. The van der Waals surface area contributed by atoms with Crippen molar-refractivity contribution in [2.75, 3.05) is 27.2 Å². The van der Waals surface area contributed by atoms with E-state index < -0.39 is 5.41 Å². The third-order valence-corrected chi connectivity index (χ3v) is 6.19. The van der Waals surface area contributed by atoms with E-state index in [0.29, 0.717) is 13.0 Å². The molecule has 0 unspecified atom stereocenters. The lowest BCUT2D eigenvalue weighted by molar-refractivity contribution is -0.147. The molecule has 1 atom stereocenters. The number of benzene rings is 1. The Morgan fingerprint density at radius 2 is 1.97 bits per heavy atom. The van der Waals surface area contributed by atoms with E-state index in [9.17, 15) is 9.59 Å². The Bertz CT molecular complexity index is 892. The highest BCUT2D eigenvalue weighted by Crippen LogP contribution is 2.40. The van der Waals surface area contributed by atoms with Crippen LogP contribution in [0.1, 0.15) is 31.2 Å².